The van der Waals surface area contributed by atoms with E-state index < -0.39 is 0 Å². The molecule has 4 rings (SSSR count). The molecule has 1 aromatic heterocycles. The summed E-state index contributed by atoms with van der Waals surface area (Å²) in [6.07, 6.45) is 3.81. The zero-order chi connectivity index (χ0) is 14.3. The second-order valence-corrected chi connectivity index (χ2v) is 5.94. The average Bonchev–Trinajstić information content (AvgIpc) is 2.86. The fourth-order valence-corrected chi connectivity index (χ4v) is 3.56. The quantitative estimate of drug-likeness (QED) is 0.805. The maximum atomic E-state index is 6.25. The summed E-state index contributed by atoms with van der Waals surface area (Å²) < 4.78 is 6.25. The summed E-state index contributed by atoms with van der Waals surface area (Å²) >= 11 is 0. The molecular weight excluding hydrogens is 262 g/mol. The van der Waals surface area contributed by atoms with Gasteiger partial charge in [-0.05, 0) is 30.9 Å². The first-order valence-electron chi connectivity index (χ1n) is 7.53. The molecule has 1 spiro atoms. The van der Waals surface area contributed by atoms with Gasteiger partial charge in [0.25, 0.3) is 0 Å². The van der Waals surface area contributed by atoms with Crippen molar-refractivity contribution in [3.63, 3.8) is 0 Å². The van der Waals surface area contributed by atoms with Crippen LogP contribution in [0.1, 0.15) is 23.2 Å². The third kappa shape index (κ3) is 2.10. The summed E-state index contributed by atoms with van der Waals surface area (Å²) in [6, 6.07) is 10.7. The maximum absolute atomic E-state index is 6.25. The highest BCUT2D eigenvalue weighted by Crippen LogP contribution is 2.42. The van der Waals surface area contributed by atoms with Gasteiger partial charge in [0.2, 0.25) is 0 Å². The largest absolute Gasteiger partial charge is 0.367 e. The molecule has 0 radical (unpaired) electrons. The lowest BCUT2D eigenvalue weighted by atomic mass is 9.93. The van der Waals surface area contributed by atoms with Gasteiger partial charge in [0, 0.05) is 18.3 Å². The van der Waals surface area contributed by atoms with Crippen molar-refractivity contribution in [2.75, 3.05) is 24.6 Å². The zero-order valence-corrected chi connectivity index (χ0v) is 12.2. The van der Waals surface area contributed by atoms with Gasteiger partial charge in [-0.25, -0.2) is 9.97 Å². The van der Waals surface area contributed by atoms with Crippen LogP contribution >= 0.6 is 0 Å². The standard InChI is InChI=1S/C17H19N3O/c1-13-10-16(19-12-18-13)20-8-9-21-17(11-20)7-6-14-4-2-3-5-15(14)17/h2-5,10,12H,6-9,11H2,1H3. The van der Waals surface area contributed by atoms with Crippen molar-refractivity contribution in [2.24, 2.45) is 0 Å². The number of aromatic nitrogens is 2. The SMILES string of the molecule is Cc1cc(N2CCOC3(CCc4ccccc43)C2)ncn1. The molecule has 1 aliphatic carbocycles. The number of ether oxygens (including phenoxy) is 1. The van der Waals surface area contributed by atoms with Gasteiger partial charge in [-0.2, -0.15) is 0 Å². The van der Waals surface area contributed by atoms with Gasteiger partial charge < -0.3 is 9.64 Å². The van der Waals surface area contributed by atoms with E-state index in [9.17, 15) is 0 Å². The van der Waals surface area contributed by atoms with E-state index >= 15 is 0 Å². The van der Waals surface area contributed by atoms with Crippen LogP contribution in [-0.2, 0) is 16.8 Å². The molecule has 2 heterocycles. The number of fused-ring (bicyclic) bond motifs is 2. The van der Waals surface area contributed by atoms with Crippen LogP contribution in [0, 0.1) is 6.92 Å². The minimum atomic E-state index is -0.159. The smallest absolute Gasteiger partial charge is 0.132 e. The predicted octanol–water partition coefficient (Wildman–Crippen LogP) is 2.46. The first kappa shape index (κ1) is 12.8. The highest BCUT2D eigenvalue weighted by Gasteiger charge is 2.43. The number of benzene rings is 1. The Kier molecular flexibility index (Phi) is 2.93. The minimum Gasteiger partial charge on any atom is -0.367 e. The van der Waals surface area contributed by atoms with Crippen LogP contribution in [0.4, 0.5) is 5.82 Å². The molecule has 1 aromatic carbocycles. The topological polar surface area (TPSA) is 38.2 Å². The molecular formula is C17H19N3O. The van der Waals surface area contributed by atoms with E-state index in [1.807, 2.05) is 6.92 Å². The number of aryl methyl sites for hydroxylation is 2. The van der Waals surface area contributed by atoms with Crippen molar-refractivity contribution >= 4 is 5.82 Å². The molecule has 1 atom stereocenters. The van der Waals surface area contributed by atoms with Crippen LogP contribution in [0.3, 0.4) is 0 Å². The number of nitrogens with zero attached hydrogens (tertiary/aromatic N) is 3. The van der Waals surface area contributed by atoms with Crippen LogP contribution in [0.15, 0.2) is 36.7 Å². The molecule has 1 unspecified atom stereocenters. The summed E-state index contributed by atoms with van der Waals surface area (Å²) in [4.78, 5) is 11.0. The Labute approximate surface area is 124 Å². The molecule has 4 heteroatoms. The molecule has 1 saturated heterocycles. The Morgan fingerprint density at radius 2 is 2.14 bits per heavy atom. The summed E-state index contributed by atoms with van der Waals surface area (Å²) in [6.45, 7) is 4.52. The molecule has 0 amide bonds. The van der Waals surface area contributed by atoms with Crippen molar-refractivity contribution in [1.29, 1.82) is 0 Å². The first-order valence-corrected chi connectivity index (χ1v) is 7.53. The first-order chi connectivity index (χ1) is 10.3. The summed E-state index contributed by atoms with van der Waals surface area (Å²) in [5, 5.41) is 0. The molecule has 1 fully saturated rings. The third-order valence-electron chi connectivity index (χ3n) is 4.61. The lowest BCUT2D eigenvalue weighted by molar-refractivity contribution is -0.0594. The Morgan fingerprint density at radius 1 is 1.24 bits per heavy atom. The van der Waals surface area contributed by atoms with Gasteiger partial charge in [0.1, 0.15) is 17.7 Å². The molecule has 2 aliphatic rings. The molecule has 2 aromatic rings. The molecule has 4 nitrogen and oxygen atoms in total. The van der Waals surface area contributed by atoms with E-state index in [1.165, 1.54) is 11.1 Å². The highest BCUT2D eigenvalue weighted by atomic mass is 16.5. The van der Waals surface area contributed by atoms with E-state index in [0.717, 1.165) is 44.0 Å². The van der Waals surface area contributed by atoms with Gasteiger partial charge >= 0.3 is 0 Å². The molecule has 0 bridgehead atoms. The molecule has 21 heavy (non-hydrogen) atoms. The number of rotatable bonds is 1. The van der Waals surface area contributed by atoms with E-state index in [2.05, 4.69) is 45.2 Å². The lowest BCUT2D eigenvalue weighted by Crippen LogP contribution is -2.49. The number of hydrogen-bond acceptors (Lipinski definition) is 4. The Balaban J connectivity index is 1.68. The molecule has 0 N–H and O–H groups in total. The summed E-state index contributed by atoms with van der Waals surface area (Å²) in [5.74, 6) is 1.01. The summed E-state index contributed by atoms with van der Waals surface area (Å²) in [7, 11) is 0. The number of morpholine rings is 1. The van der Waals surface area contributed by atoms with Crippen molar-refractivity contribution < 1.29 is 4.74 Å². The average molecular weight is 281 g/mol. The fraction of sp³-hybridized carbons (Fsp3) is 0.412. The normalized spacial score (nSPS) is 24.3. The highest BCUT2D eigenvalue weighted by molar-refractivity contribution is 5.44. The van der Waals surface area contributed by atoms with Gasteiger partial charge in [0.05, 0.1) is 13.2 Å². The number of anilines is 1. The van der Waals surface area contributed by atoms with E-state index in [1.54, 1.807) is 6.33 Å². The van der Waals surface area contributed by atoms with Crippen molar-refractivity contribution in [3.05, 3.63) is 53.5 Å². The number of hydrogen-bond donors (Lipinski definition) is 0. The second-order valence-electron chi connectivity index (χ2n) is 5.94. The molecule has 0 saturated carbocycles. The van der Waals surface area contributed by atoms with Gasteiger partial charge in [-0.1, -0.05) is 24.3 Å². The van der Waals surface area contributed by atoms with Crippen molar-refractivity contribution in [1.82, 2.24) is 9.97 Å². The second kappa shape index (κ2) is 4.81. The monoisotopic (exact) mass is 281 g/mol. The third-order valence-corrected chi connectivity index (χ3v) is 4.61. The lowest BCUT2D eigenvalue weighted by Gasteiger charge is -2.41. The van der Waals surface area contributed by atoms with E-state index in [-0.39, 0.29) is 5.60 Å². The Morgan fingerprint density at radius 3 is 3.05 bits per heavy atom. The Hall–Kier alpha value is -1.94. The van der Waals surface area contributed by atoms with Crippen LogP contribution in [-0.4, -0.2) is 29.7 Å². The molecule has 1 aliphatic heterocycles. The van der Waals surface area contributed by atoms with Crippen LogP contribution < -0.4 is 4.90 Å². The van der Waals surface area contributed by atoms with Gasteiger partial charge in [-0.15, -0.1) is 0 Å². The zero-order valence-electron chi connectivity index (χ0n) is 12.2. The summed E-state index contributed by atoms with van der Waals surface area (Å²) in [5.41, 5.74) is 3.64. The van der Waals surface area contributed by atoms with E-state index in [4.69, 9.17) is 4.74 Å². The van der Waals surface area contributed by atoms with E-state index in [0.29, 0.717) is 0 Å². The van der Waals surface area contributed by atoms with Crippen molar-refractivity contribution in [2.45, 2.75) is 25.4 Å². The van der Waals surface area contributed by atoms with Crippen LogP contribution in [0.2, 0.25) is 0 Å². The fourth-order valence-electron chi connectivity index (χ4n) is 3.56. The van der Waals surface area contributed by atoms with Crippen LogP contribution in [0.5, 0.6) is 0 Å². The minimum absolute atomic E-state index is 0.159. The van der Waals surface area contributed by atoms with Gasteiger partial charge in [-0.3, -0.25) is 0 Å². The molecule has 108 valence electrons. The maximum Gasteiger partial charge on any atom is 0.132 e. The van der Waals surface area contributed by atoms with Crippen LogP contribution in [0.25, 0.3) is 0 Å². The Bertz CT molecular complexity index is 669. The van der Waals surface area contributed by atoms with Gasteiger partial charge in [0.15, 0.2) is 0 Å². The van der Waals surface area contributed by atoms with Crippen molar-refractivity contribution in [3.8, 4) is 0 Å². The predicted molar refractivity (Wildman–Crippen MR) is 81.4 cm³/mol.